The molecule has 1 aromatic rings. The Balaban J connectivity index is 0. The number of unbranched alkanes of at least 4 members (excludes halogenated alkanes) is 8. The van der Waals surface area contributed by atoms with Gasteiger partial charge in [0.1, 0.15) is 5.82 Å². The van der Waals surface area contributed by atoms with E-state index >= 15 is 0 Å². The van der Waals surface area contributed by atoms with Gasteiger partial charge in [-0.05, 0) is 6.42 Å². The van der Waals surface area contributed by atoms with Crippen LogP contribution in [0.5, 0.6) is 0 Å². The van der Waals surface area contributed by atoms with Crippen molar-refractivity contribution in [1.82, 2.24) is 9.55 Å². The Morgan fingerprint density at radius 2 is 1.61 bits per heavy atom. The molecule has 0 amide bonds. The number of rotatable bonds is 13. The lowest BCUT2D eigenvalue weighted by atomic mass is 10.1. The van der Waals surface area contributed by atoms with Crippen molar-refractivity contribution in [1.29, 1.82) is 5.41 Å². The van der Waals surface area contributed by atoms with E-state index in [-0.39, 0.29) is 30.6 Å². The van der Waals surface area contributed by atoms with Crippen LogP contribution in [0.15, 0.2) is 12.4 Å². The van der Waals surface area contributed by atoms with Gasteiger partial charge < -0.3 is 10.3 Å². The van der Waals surface area contributed by atoms with Gasteiger partial charge in [-0.1, -0.05) is 58.3 Å². The number of nitrogens with one attached hydrogen (secondary N) is 1. The molecule has 0 atom stereocenters. The van der Waals surface area contributed by atoms with Crippen LogP contribution < -0.4 is 5.73 Å². The van der Waals surface area contributed by atoms with Crippen LogP contribution in [0.2, 0.25) is 0 Å². The van der Waals surface area contributed by atoms with E-state index in [1.54, 1.807) is 0 Å². The lowest BCUT2D eigenvalue weighted by Crippen LogP contribution is -2.14. The number of aryl methyl sites for hydroxylation is 2. The molecule has 0 bridgehead atoms. The fraction of sp³-hybridized carbons (Fsp3) is 0.765. The maximum Gasteiger partial charge on any atom is 0.108 e. The average Bonchev–Trinajstić information content (AvgIpc) is 2.91. The molecule has 0 spiro atoms. The summed E-state index contributed by atoms with van der Waals surface area (Å²) >= 11 is 0. The van der Waals surface area contributed by atoms with Crippen molar-refractivity contribution < 1.29 is 0 Å². The number of hydrogen-bond acceptors (Lipinski definition) is 2. The minimum Gasteiger partial charge on any atom is -0.388 e. The van der Waals surface area contributed by atoms with Gasteiger partial charge in [-0.2, -0.15) is 0 Å². The SMILES string of the molecule is CCCCCCCCCCCc1nccn1CCC(=N)N.Cl.Cl. The van der Waals surface area contributed by atoms with Gasteiger partial charge in [-0.3, -0.25) is 5.41 Å². The Morgan fingerprint density at radius 3 is 2.17 bits per heavy atom. The van der Waals surface area contributed by atoms with Crippen molar-refractivity contribution in [3.8, 4) is 0 Å². The second-order valence-corrected chi connectivity index (χ2v) is 5.89. The summed E-state index contributed by atoms with van der Waals surface area (Å²) in [6.07, 6.45) is 17.7. The van der Waals surface area contributed by atoms with E-state index < -0.39 is 0 Å². The second-order valence-electron chi connectivity index (χ2n) is 5.89. The van der Waals surface area contributed by atoms with Crippen molar-refractivity contribution in [3.63, 3.8) is 0 Å². The van der Waals surface area contributed by atoms with Gasteiger partial charge in [0.05, 0.1) is 5.84 Å². The molecular formula is C17H34Cl2N4. The molecule has 0 saturated carbocycles. The second kappa shape index (κ2) is 16.1. The summed E-state index contributed by atoms with van der Waals surface area (Å²) in [6, 6.07) is 0. The highest BCUT2D eigenvalue weighted by atomic mass is 35.5. The standard InChI is InChI=1S/C17H32N4.2ClH/c1-2-3-4-5-6-7-8-9-10-11-17-20-13-15-21(17)14-12-16(18)19;;/h13,15H,2-12,14H2,1H3,(H3,18,19);2*1H. The third-order valence-corrected chi connectivity index (χ3v) is 3.93. The Labute approximate surface area is 154 Å². The maximum absolute atomic E-state index is 7.29. The Morgan fingerprint density at radius 1 is 1.04 bits per heavy atom. The van der Waals surface area contributed by atoms with Crippen LogP contribution in [-0.4, -0.2) is 15.4 Å². The van der Waals surface area contributed by atoms with Gasteiger partial charge >= 0.3 is 0 Å². The summed E-state index contributed by atoms with van der Waals surface area (Å²) in [4.78, 5) is 4.41. The van der Waals surface area contributed by atoms with Gasteiger partial charge in [0.25, 0.3) is 0 Å². The van der Waals surface area contributed by atoms with Gasteiger partial charge in [-0.25, -0.2) is 4.98 Å². The van der Waals surface area contributed by atoms with Gasteiger partial charge in [0.2, 0.25) is 0 Å². The zero-order valence-electron chi connectivity index (χ0n) is 14.4. The molecule has 1 aromatic heterocycles. The van der Waals surface area contributed by atoms with E-state index in [2.05, 4.69) is 16.5 Å². The molecule has 0 aliphatic rings. The molecule has 0 aliphatic heterocycles. The molecule has 4 nitrogen and oxygen atoms in total. The Kier molecular flexibility index (Phi) is 17.2. The molecule has 0 aliphatic carbocycles. The molecule has 0 radical (unpaired) electrons. The Hall–Kier alpha value is -0.740. The van der Waals surface area contributed by atoms with E-state index in [4.69, 9.17) is 11.1 Å². The van der Waals surface area contributed by atoms with E-state index in [0.29, 0.717) is 6.42 Å². The predicted octanol–water partition coefficient (Wildman–Crippen LogP) is 5.13. The third kappa shape index (κ3) is 12.4. The number of aromatic nitrogens is 2. The highest BCUT2D eigenvalue weighted by Gasteiger charge is 2.03. The lowest BCUT2D eigenvalue weighted by Gasteiger charge is -2.07. The zero-order valence-corrected chi connectivity index (χ0v) is 16.1. The van der Waals surface area contributed by atoms with E-state index in [1.165, 1.54) is 57.8 Å². The number of amidine groups is 1. The van der Waals surface area contributed by atoms with Crippen LogP contribution in [0.25, 0.3) is 0 Å². The van der Waals surface area contributed by atoms with E-state index in [1.807, 2.05) is 12.4 Å². The predicted molar refractivity (Wildman–Crippen MR) is 104 cm³/mol. The Bertz CT molecular complexity index is 394. The first-order valence-corrected chi connectivity index (χ1v) is 8.57. The monoisotopic (exact) mass is 364 g/mol. The number of nitrogens with zero attached hydrogens (tertiary/aromatic N) is 2. The number of imidazole rings is 1. The van der Waals surface area contributed by atoms with Crippen LogP contribution in [0.1, 0.15) is 77.0 Å². The summed E-state index contributed by atoms with van der Waals surface area (Å²) in [5.74, 6) is 1.39. The topological polar surface area (TPSA) is 67.7 Å². The fourth-order valence-corrected chi connectivity index (χ4v) is 2.61. The molecule has 3 N–H and O–H groups in total. The van der Waals surface area contributed by atoms with E-state index in [9.17, 15) is 0 Å². The number of nitrogens with two attached hydrogens (primary N) is 1. The van der Waals surface area contributed by atoms with Crippen molar-refractivity contribution in [2.75, 3.05) is 0 Å². The summed E-state index contributed by atoms with van der Waals surface area (Å²) in [5, 5.41) is 7.29. The molecule has 136 valence electrons. The van der Waals surface area contributed by atoms with Gasteiger partial charge in [0, 0.05) is 31.8 Å². The molecule has 0 saturated heterocycles. The minimum atomic E-state index is 0. The highest BCUT2D eigenvalue weighted by Crippen LogP contribution is 2.11. The van der Waals surface area contributed by atoms with Gasteiger partial charge in [0.15, 0.2) is 0 Å². The molecule has 0 aromatic carbocycles. The molecule has 1 rings (SSSR count). The van der Waals surface area contributed by atoms with Crippen LogP contribution in [-0.2, 0) is 13.0 Å². The first kappa shape index (κ1) is 24.5. The molecule has 1 heterocycles. The average molecular weight is 365 g/mol. The number of halogens is 2. The van der Waals surface area contributed by atoms with Crippen molar-refractivity contribution in [3.05, 3.63) is 18.2 Å². The summed E-state index contributed by atoms with van der Waals surface area (Å²) in [6.45, 7) is 3.04. The summed E-state index contributed by atoms with van der Waals surface area (Å²) in [5.41, 5.74) is 5.41. The third-order valence-electron chi connectivity index (χ3n) is 3.93. The van der Waals surface area contributed by atoms with Crippen molar-refractivity contribution in [2.24, 2.45) is 5.73 Å². The summed E-state index contributed by atoms with van der Waals surface area (Å²) < 4.78 is 2.13. The van der Waals surface area contributed by atoms with E-state index in [0.717, 1.165) is 18.8 Å². The lowest BCUT2D eigenvalue weighted by molar-refractivity contribution is 0.556. The van der Waals surface area contributed by atoms with Crippen LogP contribution in [0, 0.1) is 5.41 Å². The summed E-state index contributed by atoms with van der Waals surface area (Å²) in [7, 11) is 0. The molecule has 0 unspecified atom stereocenters. The molecular weight excluding hydrogens is 331 g/mol. The van der Waals surface area contributed by atoms with Gasteiger partial charge in [-0.15, -0.1) is 24.8 Å². The quantitative estimate of drug-likeness (QED) is 0.289. The number of hydrogen-bond donors (Lipinski definition) is 2. The minimum absolute atomic E-state index is 0. The largest absolute Gasteiger partial charge is 0.388 e. The smallest absolute Gasteiger partial charge is 0.108 e. The molecule has 0 fully saturated rings. The first-order valence-electron chi connectivity index (χ1n) is 8.57. The highest BCUT2D eigenvalue weighted by molar-refractivity contribution is 5.85. The van der Waals surface area contributed by atoms with Crippen LogP contribution in [0.3, 0.4) is 0 Å². The molecule has 23 heavy (non-hydrogen) atoms. The van der Waals surface area contributed by atoms with Crippen molar-refractivity contribution in [2.45, 2.75) is 84.1 Å². The zero-order chi connectivity index (χ0) is 15.3. The van der Waals surface area contributed by atoms with Crippen LogP contribution in [0.4, 0.5) is 0 Å². The van der Waals surface area contributed by atoms with Crippen molar-refractivity contribution >= 4 is 30.6 Å². The fourth-order valence-electron chi connectivity index (χ4n) is 2.61. The maximum atomic E-state index is 7.29. The normalized spacial score (nSPS) is 9.96. The first-order chi connectivity index (χ1) is 10.2. The van der Waals surface area contributed by atoms with Crippen LogP contribution >= 0.6 is 24.8 Å². The molecule has 6 heteroatoms.